The lowest BCUT2D eigenvalue weighted by Gasteiger charge is -2.19. The standard InChI is InChI=1S/C25H24N4O5S/c1-3-29(4-2)35(32,33)20-9-10-23-21(15-20)22(16-24(30)28-23)25(31)27-17-5-7-18(8-6-17)34-19-11-13-26-14-12-19/h5-16H,3-4H2,1-2H3,(H,27,31)(H,28,30). The van der Waals surface area contributed by atoms with E-state index in [1.54, 1.807) is 62.6 Å². The van der Waals surface area contributed by atoms with Gasteiger partial charge in [-0.2, -0.15) is 4.31 Å². The smallest absolute Gasteiger partial charge is 0.256 e. The number of nitrogens with one attached hydrogen (secondary N) is 2. The molecule has 2 aromatic carbocycles. The van der Waals surface area contributed by atoms with Gasteiger partial charge in [-0.3, -0.25) is 14.6 Å². The predicted octanol–water partition coefficient (Wildman–Crippen LogP) is 4.00. The van der Waals surface area contributed by atoms with Gasteiger partial charge < -0.3 is 15.0 Å². The Hall–Kier alpha value is -4.02. The van der Waals surface area contributed by atoms with Crippen molar-refractivity contribution < 1.29 is 17.9 Å². The maximum Gasteiger partial charge on any atom is 0.256 e. The van der Waals surface area contributed by atoms with Crippen molar-refractivity contribution in [2.45, 2.75) is 18.7 Å². The van der Waals surface area contributed by atoms with Crippen LogP contribution in [-0.4, -0.2) is 41.7 Å². The third-order valence-corrected chi connectivity index (χ3v) is 7.45. The first-order chi connectivity index (χ1) is 16.8. The summed E-state index contributed by atoms with van der Waals surface area (Å²) >= 11 is 0. The Balaban J connectivity index is 1.63. The predicted molar refractivity (Wildman–Crippen MR) is 133 cm³/mol. The van der Waals surface area contributed by atoms with E-state index in [2.05, 4.69) is 15.3 Å². The first-order valence-electron chi connectivity index (χ1n) is 11.0. The van der Waals surface area contributed by atoms with Crippen LogP contribution < -0.4 is 15.6 Å². The highest BCUT2D eigenvalue weighted by Gasteiger charge is 2.23. The SMILES string of the molecule is CCN(CC)S(=O)(=O)c1ccc2[nH]c(=O)cc(C(=O)Nc3ccc(Oc4ccncc4)cc3)c2c1. The number of benzene rings is 2. The molecule has 0 spiro atoms. The largest absolute Gasteiger partial charge is 0.457 e. The topological polar surface area (TPSA) is 121 Å². The second-order valence-corrected chi connectivity index (χ2v) is 9.55. The molecular formula is C25H24N4O5S. The number of sulfonamides is 1. The van der Waals surface area contributed by atoms with E-state index < -0.39 is 21.5 Å². The average molecular weight is 493 g/mol. The summed E-state index contributed by atoms with van der Waals surface area (Å²) in [4.78, 5) is 31.9. The van der Waals surface area contributed by atoms with Crippen molar-refractivity contribution in [1.29, 1.82) is 0 Å². The molecule has 0 fully saturated rings. The van der Waals surface area contributed by atoms with Gasteiger partial charge >= 0.3 is 0 Å². The number of aromatic amines is 1. The van der Waals surface area contributed by atoms with Crippen LogP contribution in [0.2, 0.25) is 0 Å². The van der Waals surface area contributed by atoms with Gasteiger partial charge in [0, 0.05) is 48.1 Å². The van der Waals surface area contributed by atoms with Gasteiger partial charge in [-0.15, -0.1) is 0 Å². The third-order valence-electron chi connectivity index (χ3n) is 5.40. The van der Waals surface area contributed by atoms with Gasteiger partial charge in [-0.25, -0.2) is 8.42 Å². The number of carbonyl (C=O) groups is 1. The van der Waals surface area contributed by atoms with Crippen LogP contribution >= 0.6 is 0 Å². The molecule has 0 radical (unpaired) electrons. The van der Waals surface area contributed by atoms with Gasteiger partial charge in [0.15, 0.2) is 0 Å². The second kappa shape index (κ2) is 10.1. The Morgan fingerprint density at radius 3 is 2.29 bits per heavy atom. The first-order valence-corrected chi connectivity index (χ1v) is 12.4. The van der Waals surface area contributed by atoms with Crippen molar-refractivity contribution in [3.05, 3.63) is 89.0 Å². The zero-order valence-electron chi connectivity index (χ0n) is 19.2. The molecule has 4 rings (SSSR count). The van der Waals surface area contributed by atoms with Crippen LogP contribution in [0.1, 0.15) is 24.2 Å². The number of ether oxygens (including phenoxy) is 1. The Morgan fingerprint density at radius 2 is 1.63 bits per heavy atom. The minimum atomic E-state index is -3.74. The zero-order valence-corrected chi connectivity index (χ0v) is 20.0. The molecule has 9 nitrogen and oxygen atoms in total. The summed E-state index contributed by atoms with van der Waals surface area (Å²) in [6.07, 6.45) is 3.24. The Morgan fingerprint density at radius 1 is 0.971 bits per heavy atom. The molecule has 1 amide bonds. The van der Waals surface area contributed by atoms with Crippen molar-refractivity contribution in [3.8, 4) is 11.5 Å². The highest BCUT2D eigenvalue weighted by Crippen LogP contribution is 2.25. The molecule has 35 heavy (non-hydrogen) atoms. The summed E-state index contributed by atoms with van der Waals surface area (Å²) < 4.78 is 33.0. The van der Waals surface area contributed by atoms with E-state index in [4.69, 9.17) is 4.74 Å². The first kappa shape index (κ1) is 24.1. The van der Waals surface area contributed by atoms with Crippen LogP contribution in [0.3, 0.4) is 0 Å². The van der Waals surface area contributed by atoms with Crippen LogP contribution in [0.4, 0.5) is 5.69 Å². The number of carbonyl (C=O) groups excluding carboxylic acids is 1. The number of anilines is 1. The molecule has 2 N–H and O–H groups in total. The molecule has 0 atom stereocenters. The molecule has 0 unspecified atom stereocenters. The zero-order chi connectivity index (χ0) is 25.0. The number of hydrogen-bond acceptors (Lipinski definition) is 6. The van der Waals surface area contributed by atoms with Crippen LogP contribution in [-0.2, 0) is 10.0 Å². The van der Waals surface area contributed by atoms with E-state index in [0.717, 1.165) is 6.07 Å². The Labute approximate surface area is 202 Å². The van der Waals surface area contributed by atoms with Crippen LogP contribution in [0, 0.1) is 0 Å². The van der Waals surface area contributed by atoms with Gasteiger partial charge in [-0.05, 0) is 54.6 Å². The number of aromatic nitrogens is 2. The number of pyridine rings is 2. The fraction of sp³-hybridized carbons (Fsp3) is 0.160. The van der Waals surface area contributed by atoms with E-state index in [9.17, 15) is 18.0 Å². The van der Waals surface area contributed by atoms with E-state index in [-0.39, 0.29) is 10.5 Å². The molecule has 0 saturated heterocycles. The maximum absolute atomic E-state index is 13.1. The van der Waals surface area contributed by atoms with E-state index in [0.29, 0.717) is 41.2 Å². The highest BCUT2D eigenvalue weighted by atomic mass is 32.2. The van der Waals surface area contributed by atoms with Crippen molar-refractivity contribution in [2.24, 2.45) is 0 Å². The lowest BCUT2D eigenvalue weighted by Crippen LogP contribution is -2.30. The molecule has 0 aliphatic carbocycles. The fourth-order valence-corrected chi connectivity index (χ4v) is 5.13. The summed E-state index contributed by atoms with van der Waals surface area (Å²) in [7, 11) is -3.74. The summed E-state index contributed by atoms with van der Waals surface area (Å²) in [5.41, 5.74) is 0.445. The minimum Gasteiger partial charge on any atom is -0.457 e. The summed E-state index contributed by atoms with van der Waals surface area (Å²) in [6.45, 7) is 4.14. The number of rotatable bonds is 8. The highest BCUT2D eigenvalue weighted by molar-refractivity contribution is 7.89. The lowest BCUT2D eigenvalue weighted by molar-refractivity contribution is 0.102. The number of nitrogens with zero attached hydrogens (tertiary/aromatic N) is 2. The maximum atomic E-state index is 13.1. The van der Waals surface area contributed by atoms with E-state index >= 15 is 0 Å². The number of H-pyrrole nitrogens is 1. The molecule has 0 saturated carbocycles. The van der Waals surface area contributed by atoms with Gasteiger partial charge in [0.1, 0.15) is 11.5 Å². The lowest BCUT2D eigenvalue weighted by atomic mass is 10.1. The number of hydrogen-bond donors (Lipinski definition) is 2. The van der Waals surface area contributed by atoms with Crippen molar-refractivity contribution >= 4 is 32.5 Å². The minimum absolute atomic E-state index is 0.0485. The second-order valence-electron chi connectivity index (χ2n) is 7.61. The molecule has 0 aliphatic heterocycles. The molecule has 0 aliphatic rings. The van der Waals surface area contributed by atoms with E-state index in [1.807, 2.05) is 0 Å². The monoisotopic (exact) mass is 492 g/mol. The van der Waals surface area contributed by atoms with Gasteiger partial charge in [0.2, 0.25) is 15.6 Å². The number of amides is 1. The summed E-state index contributed by atoms with van der Waals surface area (Å²) in [6, 6.07) is 15.7. The van der Waals surface area contributed by atoms with Crippen LogP contribution in [0.5, 0.6) is 11.5 Å². The van der Waals surface area contributed by atoms with Crippen LogP contribution in [0.15, 0.2) is 82.7 Å². The quantitative estimate of drug-likeness (QED) is 0.383. The molecule has 10 heteroatoms. The van der Waals surface area contributed by atoms with Crippen molar-refractivity contribution in [1.82, 2.24) is 14.3 Å². The van der Waals surface area contributed by atoms with Gasteiger partial charge in [0.25, 0.3) is 5.91 Å². The molecule has 2 aromatic heterocycles. The molecule has 180 valence electrons. The Kier molecular flexibility index (Phi) is 6.94. The normalized spacial score (nSPS) is 11.5. The third kappa shape index (κ3) is 5.23. The van der Waals surface area contributed by atoms with Gasteiger partial charge in [0.05, 0.1) is 10.5 Å². The van der Waals surface area contributed by atoms with Gasteiger partial charge in [-0.1, -0.05) is 13.8 Å². The van der Waals surface area contributed by atoms with Crippen LogP contribution in [0.25, 0.3) is 10.9 Å². The van der Waals surface area contributed by atoms with Crippen molar-refractivity contribution in [2.75, 3.05) is 18.4 Å². The molecule has 0 bridgehead atoms. The number of fused-ring (bicyclic) bond motifs is 1. The molecular weight excluding hydrogens is 468 g/mol. The fourth-order valence-electron chi connectivity index (χ4n) is 3.64. The average Bonchev–Trinajstić information content (AvgIpc) is 2.85. The molecule has 2 heterocycles. The summed E-state index contributed by atoms with van der Waals surface area (Å²) in [5, 5.41) is 3.08. The van der Waals surface area contributed by atoms with E-state index in [1.165, 1.54) is 22.5 Å². The molecule has 4 aromatic rings. The summed E-state index contributed by atoms with van der Waals surface area (Å²) in [5.74, 6) is 0.658. The van der Waals surface area contributed by atoms with Crippen molar-refractivity contribution in [3.63, 3.8) is 0 Å². The Bertz CT molecular complexity index is 1510.